The van der Waals surface area contributed by atoms with Crippen molar-refractivity contribution in [3.8, 4) is 0 Å². The first-order chi connectivity index (χ1) is 11.5. The Labute approximate surface area is 152 Å². The highest BCUT2D eigenvalue weighted by Crippen LogP contribution is 2.24. The van der Waals surface area contributed by atoms with E-state index in [9.17, 15) is 9.59 Å². The molecule has 4 nitrogen and oxygen atoms in total. The van der Waals surface area contributed by atoms with Crippen molar-refractivity contribution in [3.05, 3.63) is 68.4 Å². The number of nitrogens with zero attached hydrogens (tertiary/aromatic N) is 2. The molecule has 0 aliphatic carbocycles. The lowest BCUT2D eigenvalue weighted by atomic mass is 10.1. The Bertz CT molecular complexity index is 1000. The highest BCUT2D eigenvalue weighted by molar-refractivity contribution is 7.99. The van der Waals surface area contributed by atoms with E-state index in [2.05, 4.69) is 4.98 Å². The van der Waals surface area contributed by atoms with Crippen molar-refractivity contribution in [2.75, 3.05) is 5.75 Å². The van der Waals surface area contributed by atoms with Gasteiger partial charge >= 0.3 is 0 Å². The van der Waals surface area contributed by atoms with Gasteiger partial charge in [-0.3, -0.25) is 14.2 Å². The van der Waals surface area contributed by atoms with Crippen molar-refractivity contribution < 1.29 is 4.79 Å². The van der Waals surface area contributed by atoms with E-state index >= 15 is 0 Å². The second-order valence-electron chi connectivity index (χ2n) is 5.12. The van der Waals surface area contributed by atoms with Gasteiger partial charge in [-0.05, 0) is 30.3 Å². The van der Waals surface area contributed by atoms with Gasteiger partial charge in [0.25, 0.3) is 5.56 Å². The van der Waals surface area contributed by atoms with Crippen molar-refractivity contribution in [1.29, 1.82) is 0 Å². The Hall–Kier alpha value is -1.82. The van der Waals surface area contributed by atoms with Gasteiger partial charge in [-0.25, -0.2) is 4.98 Å². The summed E-state index contributed by atoms with van der Waals surface area (Å²) in [5.41, 5.74) is 0.956. The second-order valence-corrected chi connectivity index (χ2v) is 6.87. The van der Waals surface area contributed by atoms with Crippen LogP contribution in [0.25, 0.3) is 10.9 Å². The maximum Gasteiger partial charge on any atom is 0.261 e. The molecule has 0 N–H and O–H groups in total. The molecule has 7 heteroatoms. The Morgan fingerprint density at radius 3 is 2.67 bits per heavy atom. The number of rotatable bonds is 4. The van der Waals surface area contributed by atoms with Crippen LogP contribution in [0.2, 0.25) is 10.0 Å². The van der Waals surface area contributed by atoms with Crippen molar-refractivity contribution in [2.45, 2.75) is 5.16 Å². The zero-order chi connectivity index (χ0) is 17.3. The van der Waals surface area contributed by atoms with E-state index in [1.54, 1.807) is 43.4 Å². The van der Waals surface area contributed by atoms with Gasteiger partial charge in [-0.1, -0.05) is 47.1 Å². The molecule has 24 heavy (non-hydrogen) atoms. The third-order valence-electron chi connectivity index (χ3n) is 3.52. The summed E-state index contributed by atoms with van der Waals surface area (Å²) in [6.45, 7) is 0. The summed E-state index contributed by atoms with van der Waals surface area (Å²) in [5, 5.41) is 1.79. The van der Waals surface area contributed by atoms with E-state index in [0.717, 1.165) is 0 Å². The van der Waals surface area contributed by atoms with Crippen LogP contribution in [0.4, 0.5) is 0 Å². The highest BCUT2D eigenvalue weighted by atomic mass is 35.5. The molecule has 0 radical (unpaired) electrons. The molecule has 0 aliphatic heterocycles. The number of ketones is 1. The summed E-state index contributed by atoms with van der Waals surface area (Å²) in [4.78, 5) is 29.1. The first-order valence-corrected chi connectivity index (χ1v) is 8.78. The first-order valence-electron chi connectivity index (χ1n) is 7.04. The fourth-order valence-corrected chi connectivity index (χ4v) is 3.37. The zero-order valence-corrected chi connectivity index (χ0v) is 15.0. The largest absolute Gasteiger partial charge is 0.293 e. The van der Waals surface area contributed by atoms with E-state index in [0.29, 0.717) is 31.7 Å². The first kappa shape index (κ1) is 17.0. The number of thioether (sulfide) groups is 1. The SMILES string of the molecule is Cn1c(SCC(=O)c2ccc(Cl)c(Cl)c2)nc2ccccc2c1=O. The average molecular weight is 379 g/mol. The molecule has 0 aliphatic rings. The van der Waals surface area contributed by atoms with Crippen LogP contribution in [0.1, 0.15) is 10.4 Å². The molecule has 3 aromatic rings. The molecule has 0 saturated heterocycles. The third-order valence-corrected chi connectivity index (χ3v) is 5.28. The molecule has 2 aromatic carbocycles. The summed E-state index contributed by atoms with van der Waals surface area (Å²) in [7, 11) is 1.65. The predicted molar refractivity (Wildman–Crippen MR) is 98.5 cm³/mol. The standard InChI is InChI=1S/C17H12Cl2N2O2S/c1-21-16(23)11-4-2-3-5-14(11)20-17(21)24-9-15(22)10-6-7-12(18)13(19)8-10/h2-8H,9H2,1H3. The number of aromatic nitrogens is 2. The summed E-state index contributed by atoms with van der Waals surface area (Å²) in [5.74, 6) is 0.0392. The summed E-state index contributed by atoms with van der Waals surface area (Å²) in [6, 6.07) is 11.9. The lowest BCUT2D eigenvalue weighted by Crippen LogP contribution is -2.20. The molecule has 3 rings (SSSR count). The van der Waals surface area contributed by atoms with E-state index in [1.165, 1.54) is 16.3 Å². The number of Topliss-reactive ketones (excluding diaryl/α,β-unsaturated/α-hetero) is 1. The number of para-hydroxylation sites is 1. The number of carbonyl (C=O) groups is 1. The smallest absolute Gasteiger partial charge is 0.261 e. The summed E-state index contributed by atoms with van der Waals surface area (Å²) >= 11 is 13.0. The van der Waals surface area contributed by atoms with Crippen molar-refractivity contribution in [3.63, 3.8) is 0 Å². The molecule has 122 valence electrons. The van der Waals surface area contributed by atoms with Crippen LogP contribution in [-0.4, -0.2) is 21.1 Å². The number of hydrogen-bond donors (Lipinski definition) is 0. The van der Waals surface area contributed by atoms with Gasteiger partial charge < -0.3 is 0 Å². The summed E-state index contributed by atoms with van der Waals surface area (Å²) < 4.78 is 1.45. The van der Waals surface area contributed by atoms with Crippen LogP contribution in [-0.2, 0) is 7.05 Å². The molecule has 0 spiro atoms. The summed E-state index contributed by atoms with van der Waals surface area (Å²) in [6.07, 6.45) is 0. The van der Waals surface area contributed by atoms with Crippen molar-refractivity contribution in [1.82, 2.24) is 9.55 Å². The Morgan fingerprint density at radius 1 is 1.17 bits per heavy atom. The van der Waals surface area contributed by atoms with Gasteiger partial charge in [0.1, 0.15) is 0 Å². The minimum atomic E-state index is -0.134. The molecule has 1 heterocycles. The molecular formula is C17H12Cl2N2O2S. The third kappa shape index (κ3) is 3.34. The molecule has 0 bridgehead atoms. The van der Waals surface area contributed by atoms with Gasteiger partial charge in [-0.15, -0.1) is 0 Å². The molecule has 1 aromatic heterocycles. The number of hydrogen-bond acceptors (Lipinski definition) is 4. The molecule has 0 saturated carbocycles. The monoisotopic (exact) mass is 378 g/mol. The lowest BCUT2D eigenvalue weighted by Gasteiger charge is -2.08. The lowest BCUT2D eigenvalue weighted by molar-refractivity contribution is 0.102. The fraction of sp³-hybridized carbons (Fsp3) is 0.118. The van der Waals surface area contributed by atoms with Crippen LogP contribution in [0.3, 0.4) is 0 Å². The van der Waals surface area contributed by atoms with E-state index in [-0.39, 0.29) is 17.1 Å². The van der Waals surface area contributed by atoms with E-state index in [4.69, 9.17) is 23.2 Å². The molecule has 0 fully saturated rings. The molecular weight excluding hydrogens is 367 g/mol. The van der Waals surface area contributed by atoms with Gasteiger partial charge in [0.15, 0.2) is 10.9 Å². The van der Waals surface area contributed by atoms with Crippen LogP contribution in [0, 0.1) is 0 Å². The maximum atomic E-state index is 12.3. The van der Waals surface area contributed by atoms with E-state index in [1.807, 2.05) is 6.07 Å². The Kier molecular flexibility index (Phi) is 4.94. The second kappa shape index (κ2) is 6.97. The van der Waals surface area contributed by atoms with Gasteiger partial charge in [0.2, 0.25) is 0 Å². The highest BCUT2D eigenvalue weighted by Gasteiger charge is 2.13. The number of benzene rings is 2. The normalized spacial score (nSPS) is 11.0. The zero-order valence-electron chi connectivity index (χ0n) is 12.6. The van der Waals surface area contributed by atoms with Gasteiger partial charge in [0, 0.05) is 12.6 Å². The van der Waals surface area contributed by atoms with Crippen LogP contribution in [0.5, 0.6) is 0 Å². The minimum absolute atomic E-state index is 0.110. The molecule has 0 amide bonds. The topological polar surface area (TPSA) is 52.0 Å². The van der Waals surface area contributed by atoms with Crippen molar-refractivity contribution >= 4 is 51.6 Å². The van der Waals surface area contributed by atoms with Crippen LogP contribution in [0.15, 0.2) is 52.4 Å². The van der Waals surface area contributed by atoms with Crippen molar-refractivity contribution in [2.24, 2.45) is 7.05 Å². The van der Waals surface area contributed by atoms with E-state index < -0.39 is 0 Å². The quantitative estimate of drug-likeness (QED) is 0.387. The van der Waals surface area contributed by atoms with Gasteiger partial charge in [0.05, 0.1) is 26.7 Å². The minimum Gasteiger partial charge on any atom is -0.293 e. The molecule has 0 unspecified atom stereocenters. The van der Waals surface area contributed by atoms with Gasteiger partial charge in [-0.2, -0.15) is 0 Å². The average Bonchev–Trinajstić information content (AvgIpc) is 2.59. The number of halogens is 2. The number of fused-ring (bicyclic) bond motifs is 1. The maximum absolute atomic E-state index is 12.3. The van der Waals surface area contributed by atoms with Crippen LogP contribution < -0.4 is 5.56 Å². The molecule has 0 atom stereocenters. The fourth-order valence-electron chi connectivity index (χ4n) is 2.21. The van der Waals surface area contributed by atoms with Crippen LogP contribution >= 0.6 is 35.0 Å². The Balaban J connectivity index is 1.85. The number of carbonyl (C=O) groups excluding carboxylic acids is 1. The Morgan fingerprint density at radius 2 is 1.92 bits per heavy atom. The predicted octanol–water partition coefficient (Wildman–Crippen LogP) is 4.22.